The van der Waals surface area contributed by atoms with Crippen LogP contribution in [-0.2, 0) is 0 Å². The van der Waals surface area contributed by atoms with E-state index in [1.165, 1.54) is 16.3 Å². The van der Waals surface area contributed by atoms with Crippen LogP contribution in [0.5, 0.6) is 5.88 Å². The Morgan fingerprint density at radius 1 is 1.19 bits per heavy atom. The molecule has 4 heterocycles. The number of piperazine rings is 1. The lowest BCUT2D eigenvalue weighted by molar-refractivity contribution is -0.0166. The molecule has 4 aromatic rings. The summed E-state index contributed by atoms with van der Waals surface area (Å²) in [7, 11) is 2.12. The summed E-state index contributed by atoms with van der Waals surface area (Å²) in [6, 6.07) is 18.7. The van der Waals surface area contributed by atoms with Crippen molar-refractivity contribution in [1.82, 2.24) is 19.8 Å². The van der Waals surface area contributed by atoms with Crippen LogP contribution >= 0.6 is 0 Å². The second kappa shape index (κ2) is 12.3. The van der Waals surface area contributed by atoms with Gasteiger partial charge in [-0.15, -0.1) is 0 Å². The molecule has 0 spiro atoms. The van der Waals surface area contributed by atoms with Crippen molar-refractivity contribution >= 4 is 27.5 Å². The zero-order valence-electron chi connectivity index (χ0n) is 24.7. The molecule has 0 bridgehead atoms. The minimum Gasteiger partial charge on any atom is -0.476 e. The van der Waals surface area contributed by atoms with Crippen LogP contribution < -0.4 is 9.64 Å². The summed E-state index contributed by atoms with van der Waals surface area (Å²) in [5.74, 6) is -0.302. The number of aryl methyl sites for hydroxylation is 1. The van der Waals surface area contributed by atoms with E-state index in [1.54, 1.807) is 4.90 Å². The predicted octanol–water partition coefficient (Wildman–Crippen LogP) is 5.44. The number of likely N-dealkylation sites (tertiary alicyclic amines) is 1. The van der Waals surface area contributed by atoms with E-state index in [1.807, 2.05) is 12.3 Å². The first kappa shape index (κ1) is 29.0. The van der Waals surface area contributed by atoms with Crippen molar-refractivity contribution in [2.45, 2.75) is 44.5 Å². The summed E-state index contributed by atoms with van der Waals surface area (Å²) in [5.41, 5.74) is 5.54. The minimum absolute atomic E-state index is 0.138. The molecule has 9 heteroatoms. The number of anilines is 1. The Hall–Kier alpha value is -4.10. The molecule has 8 nitrogen and oxygen atoms in total. The molecule has 0 amide bonds. The van der Waals surface area contributed by atoms with Crippen molar-refractivity contribution < 1.29 is 14.2 Å². The van der Waals surface area contributed by atoms with Gasteiger partial charge in [0.2, 0.25) is 5.88 Å². The Morgan fingerprint density at radius 2 is 2.00 bits per heavy atom. The summed E-state index contributed by atoms with van der Waals surface area (Å²) in [5, 5.41) is 22.3. The number of hydrogen-bond acceptors (Lipinski definition) is 8. The van der Waals surface area contributed by atoms with Gasteiger partial charge < -0.3 is 19.6 Å². The maximum Gasteiger partial charge on any atom is 0.216 e. The number of nitrogens with zero attached hydrogens (tertiary/aromatic N) is 6. The number of aliphatic hydroxyl groups is 1. The van der Waals surface area contributed by atoms with Gasteiger partial charge in [-0.05, 0) is 61.3 Å². The Labute approximate surface area is 251 Å². The molecular formula is C34H37FN6O2. The number of pyridine rings is 2. The standard InChI is InChI=1S/C34H37FN6O2/c1-22-7-4-8-24-9-5-11-28(32(22)24)25-17-29-33(37-19-25)30(18-31(38-29)43-21-27-10-6-14-39(27)3)40-15-16-41(34(42)23(2)35)26(20-40)12-13-36/h4-5,7-9,11,17-19,26-27,34,42H,2,6,10,12,14-16,20-21H2,1,3H3/t26?,27-,34?/m0/s1. The highest BCUT2D eigenvalue weighted by Crippen LogP contribution is 2.36. The maximum atomic E-state index is 13.9. The molecule has 2 aliphatic heterocycles. The van der Waals surface area contributed by atoms with E-state index in [2.05, 4.69) is 78.9 Å². The summed E-state index contributed by atoms with van der Waals surface area (Å²) < 4.78 is 20.2. The Bertz CT molecular complexity index is 1700. The van der Waals surface area contributed by atoms with Gasteiger partial charge in [0.05, 0.1) is 23.7 Å². The van der Waals surface area contributed by atoms with Crippen LogP contribution in [0.3, 0.4) is 0 Å². The molecule has 2 aliphatic rings. The van der Waals surface area contributed by atoms with Gasteiger partial charge >= 0.3 is 0 Å². The molecular weight excluding hydrogens is 543 g/mol. The van der Waals surface area contributed by atoms with E-state index in [0.717, 1.165) is 41.7 Å². The second-order valence-corrected chi connectivity index (χ2v) is 11.7. The number of nitriles is 1. The van der Waals surface area contributed by atoms with E-state index < -0.39 is 12.1 Å². The molecule has 2 aromatic carbocycles. The van der Waals surface area contributed by atoms with Gasteiger partial charge in [-0.1, -0.05) is 43.0 Å². The molecule has 0 radical (unpaired) electrons. The van der Waals surface area contributed by atoms with Crippen molar-refractivity contribution in [2.24, 2.45) is 0 Å². The number of aromatic nitrogens is 2. The fourth-order valence-electron chi connectivity index (χ4n) is 6.55. The quantitative estimate of drug-likeness (QED) is 0.295. The zero-order chi connectivity index (χ0) is 30.1. The number of fused-ring (bicyclic) bond motifs is 2. The number of hydrogen-bond donors (Lipinski definition) is 1. The first-order valence-electron chi connectivity index (χ1n) is 14.9. The molecule has 2 aromatic heterocycles. The Morgan fingerprint density at radius 3 is 2.74 bits per heavy atom. The molecule has 222 valence electrons. The number of rotatable bonds is 8. The van der Waals surface area contributed by atoms with Crippen molar-refractivity contribution in [2.75, 3.05) is 44.7 Å². The van der Waals surface area contributed by atoms with Crippen molar-refractivity contribution in [3.8, 4) is 23.1 Å². The lowest BCUT2D eigenvalue weighted by Gasteiger charge is -2.43. The van der Waals surface area contributed by atoms with Gasteiger partial charge in [0.25, 0.3) is 0 Å². The van der Waals surface area contributed by atoms with Gasteiger partial charge in [-0.3, -0.25) is 9.88 Å². The third-order valence-electron chi connectivity index (χ3n) is 8.91. The number of benzene rings is 2. The van der Waals surface area contributed by atoms with Crippen LogP contribution in [0.1, 0.15) is 24.8 Å². The normalized spacial score (nSPS) is 20.4. The summed E-state index contributed by atoms with van der Waals surface area (Å²) in [6.07, 6.45) is 2.83. The number of likely N-dealkylation sites (N-methyl/N-ethyl adjacent to an activating group) is 1. The summed E-state index contributed by atoms with van der Waals surface area (Å²) in [6.45, 7) is 8.27. The van der Waals surface area contributed by atoms with Crippen LogP contribution in [0.25, 0.3) is 32.9 Å². The largest absolute Gasteiger partial charge is 0.476 e. The second-order valence-electron chi connectivity index (χ2n) is 11.7. The van der Waals surface area contributed by atoms with Crippen LogP contribution in [-0.4, -0.2) is 83.0 Å². The van der Waals surface area contributed by atoms with Crippen LogP contribution in [0.2, 0.25) is 0 Å². The van der Waals surface area contributed by atoms with Gasteiger partial charge in [0.15, 0.2) is 6.23 Å². The average Bonchev–Trinajstić information content (AvgIpc) is 3.43. The molecule has 2 unspecified atom stereocenters. The zero-order valence-corrected chi connectivity index (χ0v) is 24.7. The number of halogens is 1. The molecule has 0 aliphatic carbocycles. The third kappa shape index (κ3) is 5.78. The van der Waals surface area contributed by atoms with Crippen LogP contribution in [0, 0.1) is 18.3 Å². The average molecular weight is 581 g/mol. The first-order valence-corrected chi connectivity index (χ1v) is 14.9. The van der Waals surface area contributed by atoms with Crippen molar-refractivity contribution in [3.63, 3.8) is 0 Å². The molecule has 6 rings (SSSR count). The van der Waals surface area contributed by atoms with Crippen LogP contribution in [0.4, 0.5) is 10.1 Å². The lowest BCUT2D eigenvalue weighted by Crippen LogP contribution is -2.56. The SMILES string of the molecule is C=C(F)C(O)N1CCN(c2cc(OC[C@@H]3CCCN3C)nc3cc(-c4cccc5cccc(C)c45)cnc23)CC1CC#N. The Balaban J connectivity index is 1.41. The third-order valence-corrected chi connectivity index (χ3v) is 8.91. The summed E-state index contributed by atoms with van der Waals surface area (Å²) in [4.78, 5) is 15.9. The number of ether oxygens (including phenoxy) is 1. The Kier molecular flexibility index (Phi) is 8.26. The summed E-state index contributed by atoms with van der Waals surface area (Å²) >= 11 is 0. The maximum absolute atomic E-state index is 13.9. The smallest absolute Gasteiger partial charge is 0.216 e. The van der Waals surface area contributed by atoms with Crippen molar-refractivity contribution in [1.29, 1.82) is 5.26 Å². The van der Waals surface area contributed by atoms with E-state index in [9.17, 15) is 14.8 Å². The monoisotopic (exact) mass is 580 g/mol. The number of aliphatic hydroxyl groups excluding tert-OH is 1. The molecule has 0 saturated carbocycles. The predicted molar refractivity (Wildman–Crippen MR) is 168 cm³/mol. The van der Waals surface area contributed by atoms with E-state index in [-0.39, 0.29) is 12.5 Å². The highest BCUT2D eigenvalue weighted by molar-refractivity contribution is 6.00. The molecule has 3 atom stereocenters. The van der Waals surface area contributed by atoms with Gasteiger partial charge in [0, 0.05) is 49.5 Å². The fraction of sp³-hybridized carbons (Fsp3) is 0.382. The minimum atomic E-state index is -1.44. The molecule has 43 heavy (non-hydrogen) atoms. The van der Waals surface area contributed by atoms with E-state index in [0.29, 0.717) is 43.7 Å². The van der Waals surface area contributed by atoms with E-state index in [4.69, 9.17) is 14.7 Å². The first-order chi connectivity index (χ1) is 20.8. The van der Waals surface area contributed by atoms with E-state index >= 15 is 0 Å². The van der Waals surface area contributed by atoms with Gasteiger partial charge in [-0.2, -0.15) is 5.26 Å². The van der Waals surface area contributed by atoms with Gasteiger partial charge in [0.1, 0.15) is 18.0 Å². The highest BCUT2D eigenvalue weighted by atomic mass is 19.1. The lowest BCUT2D eigenvalue weighted by atomic mass is 9.96. The molecule has 2 saturated heterocycles. The molecule has 2 fully saturated rings. The molecule has 1 N–H and O–H groups in total. The topological polar surface area (TPSA) is 88.8 Å². The van der Waals surface area contributed by atoms with Crippen molar-refractivity contribution in [3.05, 3.63) is 72.7 Å². The van der Waals surface area contributed by atoms with Crippen LogP contribution in [0.15, 0.2) is 67.1 Å². The fourth-order valence-corrected chi connectivity index (χ4v) is 6.55. The van der Waals surface area contributed by atoms with Gasteiger partial charge in [-0.25, -0.2) is 9.37 Å². The highest BCUT2D eigenvalue weighted by Gasteiger charge is 2.34.